The van der Waals surface area contributed by atoms with Crippen LogP contribution in [-0.4, -0.2) is 10.2 Å². The molecule has 2 aliphatic rings. The first kappa shape index (κ1) is 17.0. The van der Waals surface area contributed by atoms with Gasteiger partial charge in [-0.25, -0.2) is 0 Å². The number of rotatable bonds is 3. The van der Waals surface area contributed by atoms with Crippen LogP contribution in [0.5, 0.6) is 11.5 Å². The van der Waals surface area contributed by atoms with Gasteiger partial charge in [0.1, 0.15) is 11.5 Å². The number of hydrogen-bond acceptors (Lipinski definition) is 2. The van der Waals surface area contributed by atoms with Crippen molar-refractivity contribution in [2.75, 3.05) is 0 Å². The van der Waals surface area contributed by atoms with Crippen LogP contribution in [0.3, 0.4) is 0 Å². The lowest BCUT2D eigenvalue weighted by molar-refractivity contribution is 0.292. The van der Waals surface area contributed by atoms with E-state index >= 15 is 0 Å². The van der Waals surface area contributed by atoms with Gasteiger partial charge >= 0.3 is 0 Å². The number of phenols is 2. The first-order chi connectivity index (χ1) is 12.7. The van der Waals surface area contributed by atoms with E-state index in [2.05, 4.69) is 12.2 Å². The van der Waals surface area contributed by atoms with Gasteiger partial charge in [-0.2, -0.15) is 0 Å². The molecule has 2 nitrogen and oxygen atoms in total. The van der Waals surface area contributed by atoms with Crippen molar-refractivity contribution in [2.24, 2.45) is 11.8 Å². The summed E-state index contributed by atoms with van der Waals surface area (Å²) in [6.07, 6.45) is 12.0. The zero-order valence-electron chi connectivity index (χ0n) is 15.1. The van der Waals surface area contributed by atoms with Crippen molar-refractivity contribution in [2.45, 2.75) is 38.5 Å². The molecule has 0 saturated heterocycles. The van der Waals surface area contributed by atoms with Gasteiger partial charge in [-0.05, 0) is 96.9 Å². The van der Waals surface area contributed by atoms with Crippen LogP contribution in [0.4, 0.5) is 0 Å². The van der Waals surface area contributed by atoms with Crippen LogP contribution in [0.2, 0.25) is 0 Å². The Morgan fingerprint density at radius 1 is 0.577 bits per heavy atom. The molecule has 2 atom stereocenters. The van der Waals surface area contributed by atoms with Crippen molar-refractivity contribution >= 4 is 11.1 Å². The maximum absolute atomic E-state index is 9.45. The molecule has 0 fully saturated rings. The van der Waals surface area contributed by atoms with Crippen LogP contribution in [-0.2, 0) is 0 Å². The van der Waals surface area contributed by atoms with Crippen molar-refractivity contribution < 1.29 is 10.2 Å². The Balaban J connectivity index is 1.38. The summed E-state index contributed by atoms with van der Waals surface area (Å²) in [4.78, 5) is 0. The number of aromatic hydroxyl groups is 2. The molecule has 0 heterocycles. The lowest BCUT2D eigenvalue weighted by atomic mass is 9.73. The summed E-state index contributed by atoms with van der Waals surface area (Å²) in [7, 11) is 0. The molecule has 2 aliphatic carbocycles. The van der Waals surface area contributed by atoms with Crippen molar-refractivity contribution in [3.8, 4) is 11.5 Å². The highest BCUT2D eigenvalue weighted by atomic mass is 16.3. The summed E-state index contributed by atoms with van der Waals surface area (Å²) < 4.78 is 0. The van der Waals surface area contributed by atoms with Gasteiger partial charge in [0.2, 0.25) is 0 Å². The normalized spacial score (nSPS) is 23.2. The molecule has 2 aromatic carbocycles. The summed E-state index contributed by atoms with van der Waals surface area (Å²) in [5, 5.41) is 18.9. The van der Waals surface area contributed by atoms with Crippen LogP contribution in [0.15, 0.2) is 60.7 Å². The molecule has 0 aliphatic heterocycles. The third-order valence-electron chi connectivity index (χ3n) is 6.05. The zero-order chi connectivity index (χ0) is 17.9. The molecular weight excluding hydrogens is 320 g/mol. The molecule has 2 heteroatoms. The van der Waals surface area contributed by atoms with Crippen molar-refractivity contribution in [1.29, 1.82) is 0 Å². The second-order valence-corrected chi connectivity index (χ2v) is 7.62. The van der Waals surface area contributed by atoms with E-state index in [1.165, 1.54) is 48.0 Å². The highest BCUT2D eigenvalue weighted by Gasteiger charge is 2.26. The third kappa shape index (κ3) is 3.70. The molecule has 134 valence electrons. The molecule has 0 saturated carbocycles. The predicted molar refractivity (Wildman–Crippen MR) is 107 cm³/mol. The second kappa shape index (κ2) is 7.41. The maximum atomic E-state index is 9.45. The van der Waals surface area contributed by atoms with E-state index in [9.17, 15) is 10.2 Å². The molecule has 0 spiro atoms. The smallest absolute Gasteiger partial charge is 0.115 e. The Bertz CT molecular complexity index is 741. The van der Waals surface area contributed by atoms with E-state index in [1.807, 2.05) is 24.3 Å². The molecule has 0 radical (unpaired) electrons. The molecule has 0 bridgehead atoms. The van der Waals surface area contributed by atoms with Gasteiger partial charge in [0.15, 0.2) is 0 Å². The van der Waals surface area contributed by atoms with Gasteiger partial charge in [0, 0.05) is 0 Å². The second-order valence-electron chi connectivity index (χ2n) is 7.62. The van der Waals surface area contributed by atoms with Gasteiger partial charge in [0.05, 0.1) is 0 Å². The molecule has 26 heavy (non-hydrogen) atoms. The van der Waals surface area contributed by atoms with Gasteiger partial charge in [-0.15, -0.1) is 0 Å². The quantitative estimate of drug-likeness (QED) is 0.698. The Kier molecular flexibility index (Phi) is 4.83. The van der Waals surface area contributed by atoms with Gasteiger partial charge < -0.3 is 10.2 Å². The van der Waals surface area contributed by atoms with E-state index < -0.39 is 0 Å². The first-order valence-corrected chi connectivity index (χ1v) is 9.66. The minimum atomic E-state index is 0.335. The fraction of sp³-hybridized carbons (Fsp3) is 0.333. The van der Waals surface area contributed by atoms with Crippen LogP contribution >= 0.6 is 0 Å². The van der Waals surface area contributed by atoms with Gasteiger partial charge in [0.25, 0.3) is 0 Å². The van der Waals surface area contributed by atoms with Gasteiger partial charge in [-0.1, -0.05) is 36.4 Å². The maximum Gasteiger partial charge on any atom is 0.115 e. The Morgan fingerprint density at radius 2 is 0.962 bits per heavy atom. The average Bonchev–Trinajstić information content (AvgIpc) is 2.70. The Hall–Kier alpha value is -2.48. The molecular formula is C24H26O2. The van der Waals surface area contributed by atoms with E-state index in [-0.39, 0.29) is 0 Å². The standard InChI is InChI=1S/C24H26O2/c25-23-13-9-21(10-14-23)19-5-1-17(2-6-19)18-3-7-20(8-4-18)22-11-15-24(26)16-12-22/h5,7,9-18,25-26H,1-4,6,8H2. The van der Waals surface area contributed by atoms with Crippen LogP contribution < -0.4 is 0 Å². The minimum Gasteiger partial charge on any atom is -0.508 e. The molecule has 2 N–H and O–H groups in total. The summed E-state index contributed by atoms with van der Waals surface area (Å²) in [6, 6.07) is 15.2. The topological polar surface area (TPSA) is 40.5 Å². The average molecular weight is 346 g/mol. The summed E-state index contributed by atoms with van der Waals surface area (Å²) in [5.74, 6) is 2.24. The first-order valence-electron chi connectivity index (χ1n) is 9.66. The van der Waals surface area contributed by atoms with E-state index in [4.69, 9.17) is 0 Å². The van der Waals surface area contributed by atoms with E-state index in [1.54, 1.807) is 24.3 Å². The minimum absolute atomic E-state index is 0.335. The SMILES string of the molecule is Oc1ccc(C2=CCC(C3CC=C(c4ccc(O)cc4)CC3)CC2)cc1. The van der Waals surface area contributed by atoms with Gasteiger partial charge in [-0.3, -0.25) is 0 Å². The van der Waals surface area contributed by atoms with Crippen molar-refractivity contribution in [1.82, 2.24) is 0 Å². The van der Waals surface area contributed by atoms with Crippen LogP contribution in [0.25, 0.3) is 11.1 Å². The van der Waals surface area contributed by atoms with Crippen molar-refractivity contribution in [3.63, 3.8) is 0 Å². The number of phenolic OH excluding ortho intramolecular Hbond substituents is 2. The summed E-state index contributed by atoms with van der Waals surface area (Å²) >= 11 is 0. The highest BCUT2D eigenvalue weighted by molar-refractivity contribution is 5.67. The number of benzene rings is 2. The molecule has 0 amide bonds. The molecule has 0 aromatic heterocycles. The van der Waals surface area contributed by atoms with Crippen molar-refractivity contribution in [3.05, 3.63) is 71.8 Å². The molecule has 4 rings (SSSR count). The Labute approximate surface area is 155 Å². The van der Waals surface area contributed by atoms with E-state index in [0.29, 0.717) is 11.5 Å². The van der Waals surface area contributed by atoms with Crippen LogP contribution in [0.1, 0.15) is 49.7 Å². The molecule has 2 aromatic rings. The summed E-state index contributed by atoms with van der Waals surface area (Å²) in [5.41, 5.74) is 5.36. The lowest BCUT2D eigenvalue weighted by Gasteiger charge is -2.32. The lowest BCUT2D eigenvalue weighted by Crippen LogP contribution is -2.19. The monoisotopic (exact) mass is 346 g/mol. The fourth-order valence-corrected chi connectivity index (χ4v) is 4.44. The third-order valence-corrected chi connectivity index (χ3v) is 6.05. The fourth-order valence-electron chi connectivity index (χ4n) is 4.44. The largest absolute Gasteiger partial charge is 0.508 e. The summed E-state index contributed by atoms with van der Waals surface area (Å²) in [6.45, 7) is 0. The number of hydrogen-bond donors (Lipinski definition) is 2. The zero-order valence-corrected chi connectivity index (χ0v) is 15.1. The highest BCUT2D eigenvalue weighted by Crippen LogP contribution is 2.41. The number of allylic oxidation sites excluding steroid dienone is 4. The Morgan fingerprint density at radius 3 is 1.27 bits per heavy atom. The molecule has 2 unspecified atom stereocenters. The predicted octanol–water partition coefficient (Wildman–Crippen LogP) is 6.17. The van der Waals surface area contributed by atoms with E-state index in [0.717, 1.165) is 24.7 Å². The van der Waals surface area contributed by atoms with Crippen LogP contribution in [0, 0.1) is 11.8 Å².